The van der Waals surface area contributed by atoms with Gasteiger partial charge in [-0.05, 0) is 0 Å². The zero-order chi connectivity index (χ0) is 13.5. The van der Waals surface area contributed by atoms with Gasteiger partial charge in [-0.2, -0.15) is 0 Å². The third-order valence-electron chi connectivity index (χ3n) is 1.59. The van der Waals surface area contributed by atoms with Gasteiger partial charge in [-0.1, -0.05) is 6.58 Å². The Balaban J connectivity index is 4.34. The molecule has 6 heteroatoms. The van der Waals surface area contributed by atoms with E-state index in [1.54, 1.807) is 0 Å². The Kier molecular flexibility index (Phi) is 5.63. The molecular weight excluding hydrogens is 229 g/mol. The highest BCUT2D eigenvalue weighted by Gasteiger charge is 2.17. The van der Waals surface area contributed by atoms with E-state index in [1.807, 2.05) is 21.1 Å². The third-order valence-corrected chi connectivity index (χ3v) is 2.88. The summed E-state index contributed by atoms with van der Waals surface area (Å²) in [6, 6.07) is 0. The molecule has 0 bridgehead atoms. The van der Waals surface area contributed by atoms with Gasteiger partial charge in [-0.3, -0.25) is 0 Å². The summed E-state index contributed by atoms with van der Waals surface area (Å²) in [5.74, 6) is -0.548. The molecule has 1 unspecified atom stereocenters. The third kappa shape index (κ3) is 7.54. The highest BCUT2D eigenvalue weighted by Crippen LogP contribution is 2.13. The van der Waals surface area contributed by atoms with E-state index in [1.165, 1.54) is 0 Å². The molecule has 92 valence electrons. The summed E-state index contributed by atoms with van der Waals surface area (Å²) in [6.07, 6.45) is 1.20. The molecule has 0 saturated carbocycles. The smallest absolute Gasteiger partial charge is 0.330 e. The van der Waals surface area contributed by atoms with Crippen molar-refractivity contribution in [2.45, 2.75) is 0 Å². The van der Waals surface area contributed by atoms with Gasteiger partial charge < -0.3 is 19.2 Å². The van der Waals surface area contributed by atoms with Crippen LogP contribution in [0.1, 0.15) is 1.43 Å². The Labute approximate surface area is 98.5 Å². The van der Waals surface area contributed by atoms with Gasteiger partial charge >= 0.3 is 5.97 Å². The molecule has 0 aliphatic carbocycles. The van der Waals surface area contributed by atoms with Crippen LogP contribution in [0.15, 0.2) is 12.7 Å². The maximum absolute atomic E-state index is 11.8. The number of quaternary nitrogens is 1. The van der Waals surface area contributed by atoms with Crippen molar-refractivity contribution < 1.29 is 25.4 Å². The van der Waals surface area contributed by atoms with E-state index in [0.717, 1.165) is 6.08 Å². The fourth-order valence-corrected chi connectivity index (χ4v) is 1.99. The van der Waals surface area contributed by atoms with E-state index in [0.29, 0.717) is 11.0 Å². The van der Waals surface area contributed by atoms with Crippen molar-refractivity contribution in [1.82, 2.24) is 0 Å². The first kappa shape index (κ1) is 13.3. The molecular formula is C10H19NO4P+. The average Bonchev–Trinajstić information content (AvgIpc) is 2.24. The van der Waals surface area contributed by atoms with Crippen LogP contribution in [0.25, 0.3) is 0 Å². The number of ether oxygens (including phenoxy) is 1. The topological polar surface area (TPSA) is 69.6 Å². The van der Waals surface area contributed by atoms with Gasteiger partial charge in [0.2, 0.25) is 1.43 Å². The van der Waals surface area contributed by atoms with E-state index in [9.17, 15) is 9.69 Å². The summed E-state index contributed by atoms with van der Waals surface area (Å²) >= 11 is 0. The predicted molar refractivity (Wildman–Crippen MR) is 62.8 cm³/mol. The Morgan fingerprint density at radius 2 is 2.31 bits per heavy atom. The minimum Gasteiger partial charge on any atom is -0.628 e. The van der Waals surface area contributed by atoms with Crippen LogP contribution in [0.2, 0.25) is 0 Å². The summed E-state index contributed by atoms with van der Waals surface area (Å²) < 4.78 is 12.1. The van der Waals surface area contributed by atoms with Gasteiger partial charge in [0.1, 0.15) is 12.8 Å². The lowest BCUT2D eigenvalue weighted by molar-refractivity contribution is -0.861. The standard InChI is InChI=1S/C10H18NO4P/c1-5-9(12)15-6-7-16(14)10(13)8-11(2,3)4/h5H,1,6-8H2,2-4H3/p+1/i/hD. The summed E-state index contributed by atoms with van der Waals surface area (Å²) in [5.41, 5.74) is 0.210. The normalized spacial score (nSPS) is 13.9. The van der Waals surface area contributed by atoms with Crippen LogP contribution in [0.3, 0.4) is 0 Å². The number of aliphatic hydroxyl groups excluding tert-OH is 1. The second kappa shape index (κ2) is 6.76. The zero-order valence-electron chi connectivity index (χ0n) is 10.9. The minimum absolute atomic E-state index is 0.0318. The maximum Gasteiger partial charge on any atom is 0.330 e. The number of hydrogen-bond acceptors (Lipinski definition) is 4. The molecule has 0 saturated heterocycles. The molecule has 0 radical (unpaired) electrons. The Morgan fingerprint density at radius 3 is 2.75 bits per heavy atom. The molecule has 0 aliphatic heterocycles. The van der Waals surface area contributed by atoms with Gasteiger partial charge in [0, 0.05) is 6.08 Å². The Hall–Kier alpha value is -0.740. The Bertz CT molecular complexity index is 312. The molecule has 0 amide bonds. The van der Waals surface area contributed by atoms with Crippen molar-refractivity contribution in [3.63, 3.8) is 0 Å². The molecule has 0 fully saturated rings. The molecule has 0 rings (SSSR count). The molecule has 0 aromatic rings. The Morgan fingerprint density at radius 1 is 1.69 bits per heavy atom. The SMILES string of the molecule is [2H]OC(C[N+](C)(C)C)=[P+]([O-])CCOC(=O)C=C. The van der Waals surface area contributed by atoms with Crippen LogP contribution >= 0.6 is 7.77 Å². The summed E-state index contributed by atoms with van der Waals surface area (Å²) in [6.45, 7) is 3.66. The fraction of sp³-hybridized carbons (Fsp3) is 0.600. The minimum atomic E-state index is -1.81. The number of aliphatic hydroxyl groups is 1. The monoisotopic (exact) mass is 249 g/mol. The van der Waals surface area contributed by atoms with Crippen molar-refractivity contribution in [3.05, 3.63) is 12.7 Å². The zero-order valence-corrected chi connectivity index (χ0v) is 10.8. The van der Waals surface area contributed by atoms with Crippen LogP contribution in [0.5, 0.6) is 0 Å². The summed E-state index contributed by atoms with van der Waals surface area (Å²) in [7, 11) is 3.89. The maximum atomic E-state index is 11.8. The summed E-state index contributed by atoms with van der Waals surface area (Å²) in [4.78, 5) is 22.5. The van der Waals surface area contributed by atoms with Gasteiger partial charge in [0.15, 0.2) is 6.54 Å². The number of esters is 1. The van der Waals surface area contributed by atoms with Crippen LogP contribution in [0, 0.1) is 0 Å². The van der Waals surface area contributed by atoms with E-state index in [4.69, 9.17) is 6.17 Å². The molecule has 16 heavy (non-hydrogen) atoms. The lowest BCUT2D eigenvalue weighted by atomic mass is 10.5. The van der Waals surface area contributed by atoms with Crippen molar-refractivity contribution in [2.24, 2.45) is 0 Å². The molecule has 0 aromatic heterocycles. The molecule has 0 aromatic carbocycles. The van der Waals surface area contributed by atoms with E-state index >= 15 is 0 Å². The number of nitrogens with zero attached hydrogens (tertiary/aromatic N) is 1. The molecule has 0 heterocycles. The molecule has 0 spiro atoms. The number of rotatable bonds is 7. The largest absolute Gasteiger partial charge is 0.628 e. The van der Waals surface area contributed by atoms with Gasteiger partial charge in [0.25, 0.3) is 5.48 Å². The number of hydrogen-bond donors (Lipinski definition) is 1. The second-order valence-corrected chi connectivity index (χ2v) is 6.02. The highest BCUT2D eigenvalue weighted by molar-refractivity contribution is 7.51. The van der Waals surface area contributed by atoms with Gasteiger partial charge in [-0.25, -0.2) is 4.79 Å². The quantitative estimate of drug-likeness (QED) is 0.290. The first-order chi connectivity index (χ1) is 7.80. The lowest BCUT2D eigenvalue weighted by Gasteiger charge is -2.22. The van der Waals surface area contributed by atoms with Crippen LogP contribution < -0.4 is 4.89 Å². The van der Waals surface area contributed by atoms with E-state index < -0.39 is 13.7 Å². The fourth-order valence-electron chi connectivity index (χ4n) is 0.897. The van der Waals surface area contributed by atoms with Crippen LogP contribution in [-0.2, 0) is 9.53 Å². The van der Waals surface area contributed by atoms with Gasteiger partial charge in [0.05, 0.1) is 28.9 Å². The second-order valence-electron chi connectivity index (χ2n) is 4.32. The van der Waals surface area contributed by atoms with Crippen molar-refractivity contribution in [3.8, 4) is 0 Å². The number of likely N-dealkylation sites (N-methyl/N-ethyl adjacent to an activating group) is 1. The molecule has 1 N–H and O–H groups in total. The van der Waals surface area contributed by atoms with Crippen LogP contribution in [-0.4, -0.2) is 61.5 Å². The van der Waals surface area contributed by atoms with Crippen molar-refractivity contribution in [2.75, 3.05) is 40.5 Å². The van der Waals surface area contributed by atoms with Crippen molar-refractivity contribution in [1.29, 1.82) is 0 Å². The average molecular weight is 249 g/mol. The molecule has 5 nitrogen and oxygen atoms in total. The summed E-state index contributed by atoms with van der Waals surface area (Å²) in [5, 5.41) is 4.38. The molecule has 0 aliphatic rings. The van der Waals surface area contributed by atoms with Gasteiger partial charge in [-0.15, -0.1) is 0 Å². The first-order valence-corrected chi connectivity index (χ1v) is 6.28. The van der Waals surface area contributed by atoms with Crippen molar-refractivity contribution >= 4 is 19.2 Å². The predicted octanol–water partition coefficient (Wildman–Crippen LogP) is -0.319. The highest BCUT2D eigenvalue weighted by atomic mass is 31.1. The van der Waals surface area contributed by atoms with E-state index in [-0.39, 0.29) is 18.2 Å². The lowest BCUT2D eigenvalue weighted by Crippen LogP contribution is -2.39. The van der Waals surface area contributed by atoms with Crippen LogP contribution in [0.4, 0.5) is 0 Å². The molecule has 1 atom stereocenters. The number of carbonyl (C=O) groups excluding carboxylic acids is 1. The number of carbonyl (C=O) groups is 1. The first-order valence-electron chi connectivity index (χ1n) is 5.24. The van der Waals surface area contributed by atoms with E-state index in [2.05, 4.69) is 11.7 Å².